The van der Waals surface area contributed by atoms with E-state index in [1.807, 2.05) is 18.2 Å². The molecule has 1 aliphatic rings. The standard InChI is InChI=1S/C33H37FN6OS/c1-5-38(6-2)26-14-16-27(17-15-26)40-22(3)21-28(23(40)4)32-31(29-9-7-8-19-35-29)37-33(42)39(32)20-18-30(41)36-25-12-10-24(34)11-13-25/h7-17,19,21,31-32H,5-6,18,20H2,1-4H3,(H,36,41)(H,37,42)/t31-,32-/m1/s1. The summed E-state index contributed by atoms with van der Waals surface area (Å²) in [6.07, 6.45) is 2.01. The molecule has 1 saturated heterocycles. The first-order valence-electron chi connectivity index (χ1n) is 14.4. The molecule has 0 aliphatic carbocycles. The first-order chi connectivity index (χ1) is 20.3. The molecule has 42 heavy (non-hydrogen) atoms. The summed E-state index contributed by atoms with van der Waals surface area (Å²) in [7, 11) is 0. The fourth-order valence-corrected chi connectivity index (χ4v) is 6.18. The van der Waals surface area contributed by atoms with E-state index in [9.17, 15) is 9.18 Å². The van der Waals surface area contributed by atoms with Gasteiger partial charge in [-0.15, -0.1) is 0 Å². The Bertz CT molecular complexity index is 1530. The number of halogens is 1. The average Bonchev–Trinajstić information content (AvgIpc) is 3.48. The maximum atomic E-state index is 13.3. The van der Waals surface area contributed by atoms with Crippen molar-refractivity contribution in [2.75, 3.05) is 29.9 Å². The van der Waals surface area contributed by atoms with Crippen LogP contribution in [0.4, 0.5) is 15.8 Å². The van der Waals surface area contributed by atoms with Gasteiger partial charge in [-0.05, 0) is 112 Å². The van der Waals surface area contributed by atoms with Gasteiger partial charge in [-0.2, -0.15) is 0 Å². The summed E-state index contributed by atoms with van der Waals surface area (Å²) < 4.78 is 15.6. The van der Waals surface area contributed by atoms with Crippen LogP contribution in [0.1, 0.15) is 55.0 Å². The lowest BCUT2D eigenvalue weighted by Crippen LogP contribution is -2.32. The van der Waals surface area contributed by atoms with Crippen LogP contribution in [0, 0.1) is 19.7 Å². The third-order valence-corrected chi connectivity index (χ3v) is 8.28. The van der Waals surface area contributed by atoms with Crippen molar-refractivity contribution >= 4 is 34.6 Å². The van der Waals surface area contributed by atoms with Gasteiger partial charge in [0.05, 0.1) is 17.8 Å². The van der Waals surface area contributed by atoms with Gasteiger partial charge in [0.1, 0.15) is 5.82 Å². The van der Waals surface area contributed by atoms with Crippen LogP contribution in [-0.2, 0) is 4.79 Å². The summed E-state index contributed by atoms with van der Waals surface area (Å²) in [4.78, 5) is 21.9. The molecule has 0 unspecified atom stereocenters. The summed E-state index contributed by atoms with van der Waals surface area (Å²) in [5.41, 5.74) is 7.10. The number of carbonyl (C=O) groups is 1. The number of hydrogen-bond donors (Lipinski definition) is 2. The van der Waals surface area contributed by atoms with Gasteiger partial charge in [-0.1, -0.05) is 6.07 Å². The number of aryl methyl sites for hydroxylation is 1. The second-order valence-corrected chi connectivity index (χ2v) is 10.9. The predicted molar refractivity (Wildman–Crippen MR) is 171 cm³/mol. The van der Waals surface area contributed by atoms with Crippen molar-refractivity contribution in [2.24, 2.45) is 0 Å². The van der Waals surface area contributed by atoms with Gasteiger partial charge in [0.15, 0.2) is 5.11 Å². The Morgan fingerprint density at radius 1 is 1.05 bits per heavy atom. The number of amides is 1. The number of rotatable bonds is 10. The van der Waals surface area contributed by atoms with E-state index >= 15 is 0 Å². The minimum atomic E-state index is -0.345. The quantitative estimate of drug-likeness (QED) is 0.208. The molecular formula is C33H37FN6OS. The predicted octanol–water partition coefficient (Wildman–Crippen LogP) is 6.48. The molecular weight excluding hydrogens is 547 g/mol. The van der Waals surface area contributed by atoms with Crippen LogP contribution in [0.3, 0.4) is 0 Å². The second-order valence-electron chi connectivity index (χ2n) is 10.5. The van der Waals surface area contributed by atoms with E-state index in [1.54, 1.807) is 18.3 Å². The third-order valence-electron chi connectivity index (χ3n) is 7.93. The van der Waals surface area contributed by atoms with Crippen LogP contribution >= 0.6 is 12.2 Å². The summed E-state index contributed by atoms with van der Waals surface area (Å²) in [5, 5.41) is 6.92. The maximum absolute atomic E-state index is 13.3. The number of carbonyl (C=O) groups excluding carboxylic acids is 1. The zero-order valence-corrected chi connectivity index (χ0v) is 25.3. The number of nitrogens with zero attached hydrogens (tertiary/aromatic N) is 4. The molecule has 9 heteroatoms. The Morgan fingerprint density at radius 2 is 1.76 bits per heavy atom. The number of thiocarbonyl (C=S) groups is 1. The van der Waals surface area contributed by atoms with Crippen molar-refractivity contribution in [3.05, 3.63) is 107 Å². The number of pyridine rings is 1. The minimum absolute atomic E-state index is 0.164. The van der Waals surface area contributed by atoms with Gasteiger partial charge in [0.2, 0.25) is 5.91 Å². The zero-order valence-electron chi connectivity index (χ0n) is 24.5. The molecule has 2 aromatic heterocycles. The highest BCUT2D eigenvalue weighted by Gasteiger charge is 2.41. The molecule has 5 rings (SSSR count). The van der Waals surface area contributed by atoms with E-state index < -0.39 is 0 Å². The number of benzene rings is 2. The lowest BCUT2D eigenvalue weighted by Gasteiger charge is -2.28. The Hall–Kier alpha value is -4.24. The monoisotopic (exact) mass is 584 g/mol. The topological polar surface area (TPSA) is 65.4 Å². The summed E-state index contributed by atoms with van der Waals surface area (Å²) in [6.45, 7) is 10.9. The molecule has 3 heterocycles. The lowest BCUT2D eigenvalue weighted by molar-refractivity contribution is -0.116. The van der Waals surface area contributed by atoms with Crippen molar-refractivity contribution in [3.63, 3.8) is 0 Å². The average molecular weight is 585 g/mol. The molecule has 1 fully saturated rings. The second kappa shape index (κ2) is 12.7. The molecule has 1 amide bonds. The van der Waals surface area contributed by atoms with E-state index in [2.05, 4.69) is 88.0 Å². The zero-order chi connectivity index (χ0) is 29.8. The molecule has 0 bridgehead atoms. The Kier molecular flexibility index (Phi) is 8.87. The van der Waals surface area contributed by atoms with Crippen molar-refractivity contribution < 1.29 is 9.18 Å². The Balaban J connectivity index is 1.45. The molecule has 0 spiro atoms. The smallest absolute Gasteiger partial charge is 0.226 e. The van der Waals surface area contributed by atoms with Crippen LogP contribution in [0.15, 0.2) is 79.0 Å². The molecule has 2 atom stereocenters. The van der Waals surface area contributed by atoms with Crippen LogP contribution in [0.5, 0.6) is 0 Å². The molecule has 218 valence electrons. The molecule has 1 aliphatic heterocycles. The molecule has 0 radical (unpaired) electrons. The van der Waals surface area contributed by atoms with E-state index in [0.29, 0.717) is 17.3 Å². The molecule has 7 nitrogen and oxygen atoms in total. The first-order valence-corrected chi connectivity index (χ1v) is 14.8. The fraction of sp³-hybridized carbons (Fsp3) is 0.303. The number of nitrogens with one attached hydrogen (secondary N) is 2. The van der Waals surface area contributed by atoms with Gasteiger partial charge >= 0.3 is 0 Å². The van der Waals surface area contributed by atoms with E-state index in [-0.39, 0.29) is 30.2 Å². The summed E-state index contributed by atoms with van der Waals surface area (Å²) in [5.74, 6) is -0.509. The van der Waals surface area contributed by atoms with Gasteiger partial charge in [-0.3, -0.25) is 9.78 Å². The fourth-order valence-electron chi connectivity index (χ4n) is 5.85. The van der Waals surface area contributed by atoms with E-state index in [1.165, 1.54) is 17.8 Å². The Labute approximate surface area is 252 Å². The number of anilines is 2. The van der Waals surface area contributed by atoms with Crippen molar-refractivity contribution in [1.82, 2.24) is 19.8 Å². The van der Waals surface area contributed by atoms with Crippen molar-refractivity contribution in [1.29, 1.82) is 0 Å². The number of hydrogen-bond acceptors (Lipinski definition) is 4. The highest BCUT2D eigenvalue weighted by Crippen LogP contribution is 2.41. The Morgan fingerprint density at radius 3 is 2.40 bits per heavy atom. The van der Waals surface area contributed by atoms with Crippen LogP contribution in [-0.4, -0.2) is 45.1 Å². The first kappa shape index (κ1) is 29.3. The van der Waals surface area contributed by atoms with E-state index in [0.717, 1.165) is 41.4 Å². The van der Waals surface area contributed by atoms with Gasteiger partial charge in [0, 0.05) is 60.7 Å². The lowest BCUT2D eigenvalue weighted by atomic mass is 9.96. The number of aromatic nitrogens is 2. The SMILES string of the molecule is CCN(CC)c1ccc(-n2c(C)cc([C@@H]3[C@@H](c4ccccn4)NC(=S)N3CCC(=O)Nc3ccc(F)cc3)c2C)cc1. The van der Waals surface area contributed by atoms with Crippen molar-refractivity contribution in [2.45, 2.75) is 46.2 Å². The normalized spacial score (nSPS) is 16.4. The summed E-state index contributed by atoms with van der Waals surface area (Å²) in [6, 6.07) is 22.2. The van der Waals surface area contributed by atoms with Crippen LogP contribution in [0.25, 0.3) is 5.69 Å². The summed E-state index contributed by atoms with van der Waals surface area (Å²) >= 11 is 5.83. The third kappa shape index (κ3) is 6.01. The van der Waals surface area contributed by atoms with Gasteiger partial charge in [-0.25, -0.2) is 4.39 Å². The largest absolute Gasteiger partial charge is 0.372 e. The highest BCUT2D eigenvalue weighted by atomic mass is 32.1. The van der Waals surface area contributed by atoms with Gasteiger partial charge < -0.3 is 25.0 Å². The molecule has 0 saturated carbocycles. The highest BCUT2D eigenvalue weighted by molar-refractivity contribution is 7.80. The van der Waals surface area contributed by atoms with E-state index in [4.69, 9.17) is 12.2 Å². The van der Waals surface area contributed by atoms with Crippen LogP contribution < -0.4 is 15.5 Å². The van der Waals surface area contributed by atoms with Gasteiger partial charge in [0.25, 0.3) is 0 Å². The molecule has 2 aromatic carbocycles. The van der Waals surface area contributed by atoms with Crippen LogP contribution in [0.2, 0.25) is 0 Å². The maximum Gasteiger partial charge on any atom is 0.226 e. The minimum Gasteiger partial charge on any atom is -0.372 e. The molecule has 2 N–H and O–H groups in total. The van der Waals surface area contributed by atoms with Crippen molar-refractivity contribution in [3.8, 4) is 5.69 Å². The molecule has 4 aromatic rings.